The van der Waals surface area contributed by atoms with E-state index in [1.165, 1.54) is 17.4 Å². The van der Waals surface area contributed by atoms with Crippen LogP contribution in [-0.4, -0.2) is 13.5 Å². The van der Waals surface area contributed by atoms with E-state index in [2.05, 4.69) is 20.7 Å². The summed E-state index contributed by atoms with van der Waals surface area (Å²) >= 11 is 10.3. The van der Waals surface area contributed by atoms with Gasteiger partial charge in [0.2, 0.25) is 0 Å². The zero-order chi connectivity index (χ0) is 14.9. The van der Waals surface area contributed by atoms with Gasteiger partial charge in [-0.3, -0.25) is 4.72 Å². The number of anilines is 1. The molecule has 0 aliphatic rings. The maximum Gasteiger partial charge on any atom is 0.263 e. The molecule has 4 nitrogen and oxygen atoms in total. The number of halogens is 2. The highest BCUT2D eigenvalue weighted by Gasteiger charge is 2.21. The predicted octanol–water partition coefficient (Wildman–Crippen LogP) is 3.77. The summed E-state index contributed by atoms with van der Waals surface area (Å²) in [6.07, 6.45) is 0. The van der Waals surface area contributed by atoms with Crippen LogP contribution in [0.4, 0.5) is 5.69 Å². The number of thiophene rings is 1. The number of aryl methyl sites for hydroxylation is 1. The van der Waals surface area contributed by atoms with Crippen LogP contribution >= 0.6 is 38.9 Å². The Kier molecular flexibility index (Phi) is 4.76. The molecule has 1 aromatic carbocycles. The molecule has 0 fully saturated rings. The molecular weight excluding hydrogens is 386 g/mol. The highest BCUT2D eigenvalue weighted by molar-refractivity contribution is 9.11. The lowest BCUT2D eigenvalue weighted by atomic mass is 10.2. The monoisotopic (exact) mass is 395 g/mol. The van der Waals surface area contributed by atoms with Crippen LogP contribution in [-0.2, 0) is 16.6 Å². The fourth-order valence-corrected chi connectivity index (χ4v) is 5.40. The second-order valence-electron chi connectivity index (χ2n) is 4.07. The molecule has 1 heterocycles. The van der Waals surface area contributed by atoms with Crippen LogP contribution in [0, 0.1) is 6.92 Å². The van der Waals surface area contributed by atoms with Gasteiger partial charge in [0.1, 0.15) is 4.90 Å². The van der Waals surface area contributed by atoms with E-state index in [0.29, 0.717) is 19.4 Å². The minimum absolute atomic E-state index is 0.103. The molecule has 2 rings (SSSR count). The largest absolute Gasteiger partial charge is 0.391 e. The van der Waals surface area contributed by atoms with Gasteiger partial charge in [0.25, 0.3) is 10.0 Å². The Morgan fingerprint density at radius 1 is 1.40 bits per heavy atom. The number of hydrogen-bond acceptors (Lipinski definition) is 4. The summed E-state index contributed by atoms with van der Waals surface area (Å²) in [5, 5.41) is 9.52. The normalized spacial score (nSPS) is 11.6. The lowest BCUT2D eigenvalue weighted by Gasteiger charge is -2.10. The minimum atomic E-state index is -3.73. The van der Waals surface area contributed by atoms with E-state index >= 15 is 0 Å². The van der Waals surface area contributed by atoms with Gasteiger partial charge < -0.3 is 5.11 Å². The minimum Gasteiger partial charge on any atom is -0.391 e. The number of nitrogens with one attached hydrogen (secondary N) is 1. The van der Waals surface area contributed by atoms with E-state index in [0.717, 1.165) is 5.56 Å². The third-order valence-corrected chi connectivity index (χ3v) is 6.43. The number of sulfonamides is 1. The van der Waals surface area contributed by atoms with E-state index in [1.54, 1.807) is 25.1 Å². The Hall–Kier alpha value is -0.600. The zero-order valence-electron chi connectivity index (χ0n) is 10.4. The molecule has 0 radical (unpaired) electrons. The Morgan fingerprint density at radius 2 is 2.10 bits per heavy atom. The van der Waals surface area contributed by atoms with Crippen molar-refractivity contribution in [1.82, 2.24) is 0 Å². The topological polar surface area (TPSA) is 66.4 Å². The lowest BCUT2D eigenvalue weighted by molar-refractivity contribution is 0.285. The molecule has 1 aromatic heterocycles. The number of rotatable bonds is 4. The quantitative estimate of drug-likeness (QED) is 0.827. The summed E-state index contributed by atoms with van der Waals surface area (Å²) in [7, 11) is -3.73. The van der Waals surface area contributed by atoms with Crippen molar-refractivity contribution in [2.45, 2.75) is 18.4 Å². The van der Waals surface area contributed by atoms with Crippen molar-refractivity contribution < 1.29 is 13.5 Å². The van der Waals surface area contributed by atoms with Crippen LogP contribution in [0.2, 0.25) is 5.02 Å². The van der Waals surface area contributed by atoms with Crippen molar-refractivity contribution in [3.8, 4) is 0 Å². The Morgan fingerprint density at radius 3 is 2.70 bits per heavy atom. The third-order valence-electron chi connectivity index (χ3n) is 2.60. The molecule has 0 aliphatic carbocycles. The summed E-state index contributed by atoms with van der Waals surface area (Å²) in [5.41, 5.74) is 1.20. The van der Waals surface area contributed by atoms with E-state index in [1.807, 2.05) is 0 Å². The van der Waals surface area contributed by atoms with Crippen LogP contribution in [0.3, 0.4) is 0 Å². The highest BCUT2D eigenvalue weighted by atomic mass is 79.9. The van der Waals surface area contributed by atoms with Gasteiger partial charge in [-0.1, -0.05) is 17.7 Å². The number of benzene rings is 1. The summed E-state index contributed by atoms with van der Waals surface area (Å²) in [5.74, 6) is 0. The smallest absolute Gasteiger partial charge is 0.263 e. The lowest BCUT2D eigenvalue weighted by Crippen LogP contribution is -2.13. The van der Waals surface area contributed by atoms with Crippen molar-refractivity contribution >= 4 is 54.6 Å². The van der Waals surface area contributed by atoms with Gasteiger partial charge in [-0.2, -0.15) is 0 Å². The molecule has 8 heteroatoms. The van der Waals surface area contributed by atoms with E-state index < -0.39 is 10.0 Å². The SMILES string of the molecule is Cc1ccc(Cl)cc1NS(=O)(=O)c1cc(CO)sc1Br. The maximum atomic E-state index is 12.4. The van der Waals surface area contributed by atoms with Crippen LogP contribution in [0.5, 0.6) is 0 Å². The summed E-state index contributed by atoms with van der Waals surface area (Å²) < 4.78 is 27.7. The summed E-state index contributed by atoms with van der Waals surface area (Å²) in [4.78, 5) is 0.672. The average Bonchev–Trinajstić information content (AvgIpc) is 2.76. The molecule has 0 spiro atoms. The van der Waals surface area contributed by atoms with Crippen LogP contribution < -0.4 is 4.72 Å². The summed E-state index contributed by atoms with van der Waals surface area (Å²) in [6.45, 7) is 1.59. The molecule has 2 aromatic rings. The fourth-order valence-electron chi connectivity index (χ4n) is 1.56. The number of aliphatic hydroxyl groups is 1. The second kappa shape index (κ2) is 6.03. The Balaban J connectivity index is 2.40. The van der Waals surface area contributed by atoms with Crippen LogP contribution in [0.25, 0.3) is 0 Å². The van der Waals surface area contributed by atoms with Crippen LogP contribution in [0.15, 0.2) is 32.9 Å². The van der Waals surface area contributed by atoms with Gasteiger partial charge in [-0.25, -0.2) is 8.42 Å². The van der Waals surface area contributed by atoms with E-state index in [9.17, 15) is 8.42 Å². The van der Waals surface area contributed by atoms with Crippen molar-refractivity contribution in [2.75, 3.05) is 4.72 Å². The van der Waals surface area contributed by atoms with Gasteiger partial charge >= 0.3 is 0 Å². The van der Waals surface area contributed by atoms with Crippen molar-refractivity contribution in [3.63, 3.8) is 0 Å². The van der Waals surface area contributed by atoms with E-state index in [-0.39, 0.29) is 11.5 Å². The molecule has 20 heavy (non-hydrogen) atoms. The standard InChI is InChI=1S/C12H11BrClNO3S2/c1-7-2-3-8(14)4-10(7)15-20(17,18)11-5-9(6-16)19-12(11)13/h2-5,15-16H,6H2,1H3. The molecule has 0 amide bonds. The Bertz CT molecular complexity index is 743. The molecular formula is C12H11BrClNO3S2. The molecule has 0 unspecified atom stereocenters. The molecule has 0 saturated carbocycles. The average molecular weight is 397 g/mol. The first-order valence-electron chi connectivity index (χ1n) is 5.51. The highest BCUT2D eigenvalue weighted by Crippen LogP contribution is 2.33. The molecule has 108 valence electrons. The fraction of sp³-hybridized carbons (Fsp3) is 0.167. The van der Waals surface area contributed by atoms with Gasteiger partial charge in [0, 0.05) is 9.90 Å². The van der Waals surface area contributed by atoms with Gasteiger partial charge in [-0.15, -0.1) is 11.3 Å². The van der Waals surface area contributed by atoms with Crippen molar-refractivity contribution in [2.24, 2.45) is 0 Å². The predicted molar refractivity (Wildman–Crippen MR) is 84.9 cm³/mol. The third kappa shape index (κ3) is 3.35. The molecule has 0 saturated heterocycles. The van der Waals surface area contributed by atoms with Gasteiger partial charge in [0.05, 0.1) is 16.1 Å². The van der Waals surface area contributed by atoms with E-state index in [4.69, 9.17) is 16.7 Å². The first-order valence-corrected chi connectivity index (χ1v) is 8.98. The van der Waals surface area contributed by atoms with Gasteiger partial charge in [-0.05, 0) is 46.6 Å². The first kappa shape index (κ1) is 15.8. The second-order valence-corrected chi connectivity index (χ2v) is 8.62. The molecule has 0 atom stereocenters. The molecule has 0 aliphatic heterocycles. The number of hydrogen-bond donors (Lipinski definition) is 2. The number of aliphatic hydroxyl groups excluding tert-OH is 1. The Labute approximate surface area is 134 Å². The summed E-state index contributed by atoms with van der Waals surface area (Å²) in [6, 6.07) is 6.43. The van der Waals surface area contributed by atoms with Crippen molar-refractivity contribution in [1.29, 1.82) is 0 Å². The van der Waals surface area contributed by atoms with Crippen molar-refractivity contribution in [3.05, 3.63) is 43.5 Å². The first-order chi connectivity index (χ1) is 9.33. The molecule has 2 N–H and O–H groups in total. The maximum absolute atomic E-state index is 12.4. The van der Waals surface area contributed by atoms with Gasteiger partial charge in [0.15, 0.2) is 0 Å². The van der Waals surface area contributed by atoms with Crippen LogP contribution in [0.1, 0.15) is 10.4 Å². The zero-order valence-corrected chi connectivity index (χ0v) is 14.3. The molecule has 0 bridgehead atoms.